The van der Waals surface area contributed by atoms with Gasteiger partial charge in [0.25, 0.3) is 0 Å². The first kappa shape index (κ1) is 13.7. The molecule has 0 unspecified atom stereocenters. The van der Waals surface area contributed by atoms with E-state index in [1.54, 1.807) is 0 Å². The van der Waals surface area contributed by atoms with Crippen molar-refractivity contribution in [1.82, 2.24) is 10.2 Å². The minimum absolute atomic E-state index is 0.0943. The first-order valence-corrected chi connectivity index (χ1v) is 7.58. The second-order valence-electron chi connectivity index (χ2n) is 4.29. The molecule has 18 heavy (non-hydrogen) atoms. The number of hydrogen-bond acceptors (Lipinski definition) is 3. The van der Waals surface area contributed by atoms with E-state index in [0.29, 0.717) is 13.1 Å². The first-order chi connectivity index (χ1) is 8.74. The smallest absolute Gasteiger partial charge is 0.234 e. The summed E-state index contributed by atoms with van der Waals surface area (Å²) in [6.45, 7) is 3.10. The predicted molar refractivity (Wildman–Crippen MR) is 77.1 cm³/mol. The van der Waals surface area contributed by atoms with Crippen LogP contribution in [0.3, 0.4) is 0 Å². The van der Waals surface area contributed by atoms with Gasteiger partial charge >= 0.3 is 0 Å². The van der Waals surface area contributed by atoms with Crippen LogP contribution in [0.4, 0.5) is 0 Å². The molecule has 1 aromatic rings. The number of carbonyl (C=O) groups is 1. The summed E-state index contributed by atoms with van der Waals surface area (Å²) in [5.41, 5.74) is 1.07. The number of benzene rings is 1. The molecular weight excluding hydrogens is 268 g/mol. The molecule has 1 amide bonds. The maximum Gasteiger partial charge on any atom is 0.234 e. The molecule has 1 fully saturated rings. The van der Waals surface area contributed by atoms with Crippen LogP contribution in [0.1, 0.15) is 5.56 Å². The Hall–Kier alpha value is -0.710. The number of nitrogens with one attached hydrogen (secondary N) is 1. The number of rotatable bonds is 4. The number of nitrogens with zero attached hydrogens (tertiary/aromatic N) is 1. The van der Waals surface area contributed by atoms with Gasteiger partial charge in [-0.15, -0.1) is 0 Å². The molecule has 3 nitrogen and oxygen atoms in total. The molecule has 98 valence electrons. The average molecular weight is 285 g/mol. The van der Waals surface area contributed by atoms with Crippen LogP contribution < -0.4 is 5.32 Å². The molecule has 1 saturated heterocycles. The molecule has 0 aliphatic carbocycles. The summed E-state index contributed by atoms with van der Waals surface area (Å²) in [7, 11) is 0. The van der Waals surface area contributed by atoms with Gasteiger partial charge in [0.15, 0.2) is 0 Å². The number of halogens is 1. The Morgan fingerprint density at radius 1 is 1.28 bits per heavy atom. The van der Waals surface area contributed by atoms with Crippen LogP contribution in [0.25, 0.3) is 0 Å². The zero-order valence-electron chi connectivity index (χ0n) is 10.2. The highest BCUT2D eigenvalue weighted by Gasteiger charge is 2.13. The summed E-state index contributed by atoms with van der Waals surface area (Å²) in [6, 6.07) is 7.54. The molecule has 1 aromatic carbocycles. The Labute approximate surface area is 117 Å². The van der Waals surface area contributed by atoms with Crippen molar-refractivity contribution in [2.45, 2.75) is 6.54 Å². The third-order valence-electron chi connectivity index (χ3n) is 2.87. The molecule has 0 saturated carbocycles. The summed E-state index contributed by atoms with van der Waals surface area (Å²) in [5, 5.41) is 3.65. The van der Waals surface area contributed by atoms with E-state index in [4.69, 9.17) is 11.6 Å². The Morgan fingerprint density at radius 3 is 2.61 bits per heavy atom. The SMILES string of the molecule is O=C(CN1CCSCC1)NCc1ccc(Cl)cc1. The molecular formula is C13H17ClN2OS. The van der Waals surface area contributed by atoms with Gasteiger partial charge in [-0.05, 0) is 17.7 Å². The molecule has 0 bridgehead atoms. The summed E-state index contributed by atoms with van der Waals surface area (Å²) in [4.78, 5) is 14.0. The summed E-state index contributed by atoms with van der Waals surface area (Å²) in [5.74, 6) is 2.35. The van der Waals surface area contributed by atoms with Crippen molar-refractivity contribution in [1.29, 1.82) is 0 Å². The van der Waals surface area contributed by atoms with E-state index in [9.17, 15) is 4.79 Å². The molecule has 1 N–H and O–H groups in total. The normalized spacial score (nSPS) is 16.5. The fourth-order valence-electron chi connectivity index (χ4n) is 1.82. The maximum absolute atomic E-state index is 11.8. The second kappa shape index (κ2) is 7.02. The minimum atomic E-state index is 0.0943. The monoisotopic (exact) mass is 284 g/mol. The van der Waals surface area contributed by atoms with Gasteiger partial charge in [0.05, 0.1) is 6.54 Å². The molecule has 1 aliphatic rings. The summed E-state index contributed by atoms with van der Waals surface area (Å²) >= 11 is 7.76. The van der Waals surface area contributed by atoms with E-state index < -0.39 is 0 Å². The van der Waals surface area contributed by atoms with Gasteiger partial charge < -0.3 is 5.32 Å². The molecule has 0 radical (unpaired) electrons. The highest BCUT2D eigenvalue weighted by molar-refractivity contribution is 7.99. The third kappa shape index (κ3) is 4.52. The number of thioether (sulfide) groups is 1. The number of amides is 1. The van der Waals surface area contributed by atoms with E-state index in [0.717, 1.165) is 35.2 Å². The Kier molecular flexibility index (Phi) is 5.35. The topological polar surface area (TPSA) is 32.3 Å². The van der Waals surface area contributed by atoms with Crippen molar-refractivity contribution >= 4 is 29.3 Å². The van der Waals surface area contributed by atoms with Crippen molar-refractivity contribution in [3.05, 3.63) is 34.9 Å². The quantitative estimate of drug-likeness (QED) is 0.918. The van der Waals surface area contributed by atoms with E-state index in [2.05, 4.69) is 10.2 Å². The number of carbonyl (C=O) groups excluding carboxylic acids is 1. The lowest BCUT2D eigenvalue weighted by Crippen LogP contribution is -2.41. The van der Waals surface area contributed by atoms with E-state index in [1.165, 1.54) is 0 Å². The summed E-state index contributed by atoms with van der Waals surface area (Å²) in [6.07, 6.45) is 0. The van der Waals surface area contributed by atoms with Crippen LogP contribution in [-0.4, -0.2) is 41.9 Å². The standard InChI is InChI=1S/C13H17ClN2OS/c14-12-3-1-11(2-4-12)9-15-13(17)10-16-5-7-18-8-6-16/h1-4H,5-10H2,(H,15,17). The highest BCUT2D eigenvalue weighted by atomic mass is 35.5. The predicted octanol–water partition coefficient (Wildman–Crippen LogP) is 2.00. The minimum Gasteiger partial charge on any atom is -0.351 e. The van der Waals surface area contributed by atoms with Gasteiger partial charge in [0.2, 0.25) is 5.91 Å². The average Bonchev–Trinajstić information content (AvgIpc) is 2.39. The Morgan fingerprint density at radius 2 is 1.94 bits per heavy atom. The van der Waals surface area contributed by atoms with Crippen molar-refractivity contribution in [2.75, 3.05) is 31.1 Å². The largest absolute Gasteiger partial charge is 0.351 e. The molecule has 5 heteroatoms. The molecule has 2 rings (SSSR count). The van der Waals surface area contributed by atoms with Crippen LogP contribution in [-0.2, 0) is 11.3 Å². The molecule has 1 heterocycles. The lowest BCUT2D eigenvalue weighted by molar-refractivity contribution is -0.122. The third-order valence-corrected chi connectivity index (χ3v) is 4.07. The fraction of sp³-hybridized carbons (Fsp3) is 0.462. The van der Waals surface area contributed by atoms with Crippen LogP contribution in [0, 0.1) is 0 Å². The van der Waals surface area contributed by atoms with E-state index in [1.807, 2.05) is 36.0 Å². The van der Waals surface area contributed by atoms with Gasteiger partial charge in [0.1, 0.15) is 0 Å². The highest BCUT2D eigenvalue weighted by Crippen LogP contribution is 2.10. The Balaban J connectivity index is 1.72. The molecule has 0 aromatic heterocycles. The van der Waals surface area contributed by atoms with Gasteiger partial charge in [-0.2, -0.15) is 11.8 Å². The van der Waals surface area contributed by atoms with Gasteiger partial charge in [0, 0.05) is 36.2 Å². The van der Waals surface area contributed by atoms with Crippen LogP contribution in [0.15, 0.2) is 24.3 Å². The fourth-order valence-corrected chi connectivity index (χ4v) is 2.93. The van der Waals surface area contributed by atoms with E-state index >= 15 is 0 Å². The first-order valence-electron chi connectivity index (χ1n) is 6.05. The zero-order valence-corrected chi connectivity index (χ0v) is 11.8. The van der Waals surface area contributed by atoms with Crippen molar-refractivity contribution in [3.8, 4) is 0 Å². The maximum atomic E-state index is 11.8. The molecule has 1 aliphatic heterocycles. The van der Waals surface area contributed by atoms with Crippen LogP contribution in [0.2, 0.25) is 5.02 Å². The Bertz CT molecular complexity index is 390. The van der Waals surface area contributed by atoms with Crippen LogP contribution >= 0.6 is 23.4 Å². The second-order valence-corrected chi connectivity index (χ2v) is 5.95. The van der Waals surface area contributed by atoms with E-state index in [-0.39, 0.29) is 5.91 Å². The lowest BCUT2D eigenvalue weighted by Gasteiger charge is -2.25. The molecule has 0 atom stereocenters. The van der Waals surface area contributed by atoms with Crippen molar-refractivity contribution in [3.63, 3.8) is 0 Å². The van der Waals surface area contributed by atoms with Gasteiger partial charge in [-0.3, -0.25) is 9.69 Å². The van der Waals surface area contributed by atoms with Gasteiger partial charge in [-0.1, -0.05) is 23.7 Å². The molecule has 0 spiro atoms. The lowest BCUT2D eigenvalue weighted by atomic mass is 10.2. The zero-order chi connectivity index (χ0) is 12.8. The number of hydrogen-bond donors (Lipinski definition) is 1. The van der Waals surface area contributed by atoms with Gasteiger partial charge in [-0.25, -0.2) is 0 Å². The van der Waals surface area contributed by atoms with Crippen molar-refractivity contribution < 1.29 is 4.79 Å². The summed E-state index contributed by atoms with van der Waals surface area (Å²) < 4.78 is 0. The van der Waals surface area contributed by atoms with Crippen LogP contribution in [0.5, 0.6) is 0 Å². The van der Waals surface area contributed by atoms with Crippen molar-refractivity contribution in [2.24, 2.45) is 0 Å².